The van der Waals surface area contributed by atoms with Gasteiger partial charge in [-0.25, -0.2) is 0 Å². The van der Waals surface area contributed by atoms with Gasteiger partial charge in [-0.05, 0) is 180 Å². The van der Waals surface area contributed by atoms with Crippen molar-refractivity contribution < 1.29 is 0 Å². The fourth-order valence-electron chi connectivity index (χ4n) is 14.7. The third kappa shape index (κ3) is 5.73. The van der Waals surface area contributed by atoms with E-state index in [1.165, 1.54) is 165 Å². The summed E-state index contributed by atoms with van der Waals surface area (Å²) in [6.45, 7) is 29.2. The van der Waals surface area contributed by atoms with Gasteiger partial charge in [-0.2, -0.15) is 0 Å². The Bertz CT molecular complexity index is 3680. The van der Waals surface area contributed by atoms with Gasteiger partial charge in [0.2, 0.25) is 13.4 Å². The number of fused-ring (bicyclic) bond motifs is 10. The van der Waals surface area contributed by atoms with Crippen LogP contribution in [0.1, 0.15) is 152 Å². The van der Waals surface area contributed by atoms with Crippen LogP contribution >= 0.6 is 0 Å². The Morgan fingerprint density at radius 3 is 0.917 bits per heavy atom. The molecule has 0 amide bonds. The van der Waals surface area contributed by atoms with E-state index >= 15 is 0 Å². The van der Waals surface area contributed by atoms with Gasteiger partial charge in [0.1, 0.15) is 0 Å². The molecule has 4 aliphatic heterocycles. The van der Waals surface area contributed by atoms with Crippen LogP contribution in [0.5, 0.6) is 0 Å². The van der Waals surface area contributed by atoms with Crippen molar-refractivity contribution in [2.24, 2.45) is 0 Å². The molecule has 14 rings (SSSR count). The van der Waals surface area contributed by atoms with E-state index in [1.54, 1.807) is 0 Å². The Balaban J connectivity index is 1.27. The number of benzene rings is 10. The molecule has 4 heterocycles. The molecular formula is C70H64B2. The average molecular weight is 927 g/mol. The van der Waals surface area contributed by atoms with Crippen LogP contribution in [0.2, 0.25) is 0 Å². The highest BCUT2D eigenvalue weighted by molar-refractivity contribution is 7.03. The normalized spacial score (nSPS) is 13.7. The molecule has 0 aromatic heterocycles. The fraction of sp³-hybridized carbons (Fsp3) is 0.257. The van der Waals surface area contributed by atoms with E-state index in [0.29, 0.717) is 35.5 Å². The van der Waals surface area contributed by atoms with Gasteiger partial charge in [-0.1, -0.05) is 237 Å². The average Bonchev–Trinajstić information content (AvgIpc) is 3.91. The lowest BCUT2D eigenvalue weighted by atomic mass is 9.34. The van der Waals surface area contributed by atoms with E-state index < -0.39 is 0 Å². The van der Waals surface area contributed by atoms with Gasteiger partial charge in [-0.15, -0.1) is 0 Å². The van der Waals surface area contributed by atoms with Gasteiger partial charge in [-0.3, -0.25) is 0 Å². The second kappa shape index (κ2) is 15.4. The highest BCUT2D eigenvalue weighted by atomic mass is 14.4. The Morgan fingerprint density at radius 2 is 0.583 bits per heavy atom. The van der Waals surface area contributed by atoms with Gasteiger partial charge in [0, 0.05) is 0 Å². The number of hydrogen-bond donors (Lipinski definition) is 0. The Morgan fingerprint density at radius 1 is 0.264 bits per heavy atom. The van der Waals surface area contributed by atoms with Gasteiger partial charge < -0.3 is 0 Å². The molecule has 0 nitrogen and oxygen atoms in total. The zero-order valence-corrected chi connectivity index (χ0v) is 44.3. The minimum absolute atomic E-state index is 0.141. The van der Waals surface area contributed by atoms with Crippen LogP contribution in [0.15, 0.2) is 133 Å². The number of hydrogen-bond acceptors (Lipinski definition) is 0. The molecule has 0 atom stereocenters. The zero-order chi connectivity index (χ0) is 49.5. The van der Waals surface area contributed by atoms with Crippen molar-refractivity contribution in [2.75, 3.05) is 0 Å². The van der Waals surface area contributed by atoms with Crippen molar-refractivity contribution in [3.63, 3.8) is 0 Å². The minimum atomic E-state index is 0.141. The highest BCUT2D eigenvalue weighted by Gasteiger charge is 2.45. The molecule has 0 bridgehead atoms. The molecular weight excluding hydrogens is 862 g/mol. The summed E-state index contributed by atoms with van der Waals surface area (Å²) in [5.41, 5.74) is 34.4. The van der Waals surface area contributed by atoms with Crippen LogP contribution in [-0.2, 0) is 0 Å². The van der Waals surface area contributed by atoms with Gasteiger partial charge in [0.15, 0.2) is 0 Å². The van der Waals surface area contributed by atoms with E-state index in [4.69, 9.17) is 0 Å². The molecule has 0 saturated heterocycles. The summed E-state index contributed by atoms with van der Waals surface area (Å²) in [5, 5.41) is 8.63. The van der Waals surface area contributed by atoms with E-state index in [-0.39, 0.29) is 13.4 Å². The summed E-state index contributed by atoms with van der Waals surface area (Å²) >= 11 is 0. The first-order valence-electron chi connectivity index (χ1n) is 27.4. The van der Waals surface area contributed by atoms with Crippen molar-refractivity contribution in [2.45, 2.75) is 119 Å². The summed E-state index contributed by atoms with van der Waals surface area (Å²) in [4.78, 5) is 0. The van der Waals surface area contributed by atoms with Crippen LogP contribution < -0.4 is 32.8 Å². The lowest BCUT2D eigenvalue weighted by Gasteiger charge is -2.34. The standard InChI is InChI=1S/C70H64B2/c1-35(2)41-27-49(37(5)6)63(50(28-41)38(7)8)55-31-53-47-23-17-21-45-43-19-14-16-26-60(43)72(69(45)47)62-34-58-56(64-51(39(9)10)29-42(36(3)4)30-52(64)40(11)12)32-54-48-24-18-22-46-44-20-13-15-25-59(44)71(70(46)48)61-33-57(55)67(65(53)62)68(58)66(54)61/h13-40H,1-12H3. The maximum absolute atomic E-state index is 2.74. The molecule has 2 heteroatoms. The second-order valence-electron chi connectivity index (χ2n) is 24.1. The predicted molar refractivity (Wildman–Crippen MR) is 317 cm³/mol. The van der Waals surface area contributed by atoms with Crippen molar-refractivity contribution in [3.05, 3.63) is 167 Å². The predicted octanol–water partition coefficient (Wildman–Crippen LogP) is 15.6. The summed E-state index contributed by atoms with van der Waals surface area (Å²) in [5.74, 6) is 2.23. The molecule has 0 unspecified atom stereocenters. The van der Waals surface area contributed by atoms with Gasteiger partial charge in [0.05, 0.1) is 0 Å². The third-order valence-electron chi connectivity index (χ3n) is 18.1. The molecule has 10 aromatic rings. The molecule has 10 aromatic carbocycles. The summed E-state index contributed by atoms with van der Waals surface area (Å²) in [6.07, 6.45) is 0. The number of rotatable bonds is 8. The Labute approximate surface area is 428 Å². The minimum Gasteiger partial charge on any atom is -0.0664 e. The van der Waals surface area contributed by atoms with Gasteiger partial charge in [0.25, 0.3) is 0 Å². The molecule has 0 spiro atoms. The second-order valence-corrected chi connectivity index (χ2v) is 24.1. The summed E-state index contributed by atoms with van der Waals surface area (Å²) < 4.78 is 0. The van der Waals surface area contributed by atoms with Crippen molar-refractivity contribution in [3.8, 4) is 66.8 Å². The SMILES string of the molecule is CC(C)c1cc(C(C)C)c(-c2cc3c4c(cc5c(-c6c(C(C)C)cc(C(C)C)cc6C(C)C)cc6c7c(cc2c4c57)B2c4ccccc4-c4cccc-6c42)B2c4ccccc4-c4cccc-3c42)c(C(C)C)c1. The Kier molecular flexibility index (Phi) is 9.46. The molecule has 72 heavy (non-hydrogen) atoms. The maximum atomic E-state index is 2.74. The molecule has 4 aliphatic rings. The van der Waals surface area contributed by atoms with E-state index in [0.717, 1.165) is 0 Å². The van der Waals surface area contributed by atoms with E-state index in [9.17, 15) is 0 Å². The lowest BCUT2D eigenvalue weighted by Crippen LogP contribution is -2.52. The maximum Gasteiger partial charge on any atom is 0.244 e. The van der Waals surface area contributed by atoms with Crippen LogP contribution in [0.4, 0.5) is 0 Å². The molecule has 0 N–H and O–H groups in total. The topological polar surface area (TPSA) is 0 Å². The molecule has 0 aliphatic carbocycles. The largest absolute Gasteiger partial charge is 0.244 e. The smallest absolute Gasteiger partial charge is 0.0664 e. The Hall–Kier alpha value is -6.63. The fourth-order valence-corrected chi connectivity index (χ4v) is 14.7. The first kappa shape index (κ1) is 44.1. The lowest BCUT2D eigenvalue weighted by molar-refractivity contribution is 0.807. The molecule has 350 valence electrons. The third-order valence-corrected chi connectivity index (χ3v) is 18.1. The first-order chi connectivity index (χ1) is 34.7. The van der Waals surface area contributed by atoms with E-state index in [1.807, 2.05) is 0 Å². The van der Waals surface area contributed by atoms with Crippen molar-refractivity contribution in [1.29, 1.82) is 0 Å². The van der Waals surface area contributed by atoms with Crippen LogP contribution in [0.3, 0.4) is 0 Å². The molecule has 0 fully saturated rings. The summed E-state index contributed by atoms with van der Waals surface area (Å²) in [7, 11) is 0. The quantitative estimate of drug-likeness (QED) is 0.105. The van der Waals surface area contributed by atoms with Crippen molar-refractivity contribution >= 4 is 78.5 Å². The van der Waals surface area contributed by atoms with Crippen LogP contribution in [0.25, 0.3) is 99.1 Å². The van der Waals surface area contributed by atoms with E-state index in [2.05, 4.69) is 217 Å². The van der Waals surface area contributed by atoms with Crippen LogP contribution in [0, 0.1) is 0 Å². The zero-order valence-electron chi connectivity index (χ0n) is 44.3. The molecule has 0 saturated carbocycles. The first-order valence-corrected chi connectivity index (χ1v) is 27.4. The molecule has 0 radical (unpaired) electrons. The monoisotopic (exact) mass is 927 g/mol. The van der Waals surface area contributed by atoms with Crippen LogP contribution in [-0.4, -0.2) is 13.4 Å². The summed E-state index contributed by atoms with van der Waals surface area (Å²) in [6, 6.07) is 54.3. The van der Waals surface area contributed by atoms with Gasteiger partial charge >= 0.3 is 0 Å². The van der Waals surface area contributed by atoms with Crippen molar-refractivity contribution in [1.82, 2.24) is 0 Å². The highest BCUT2D eigenvalue weighted by Crippen LogP contribution is 2.54.